The lowest BCUT2D eigenvalue weighted by Crippen LogP contribution is -2.41. The molecule has 9 nitrogen and oxygen atoms in total. The molecule has 1 fully saturated rings. The van der Waals surface area contributed by atoms with E-state index in [9.17, 15) is 19.7 Å². The lowest BCUT2D eigenvalue weighted by atomic mass is 10.1. The van der Waals surface area contributed by atoms with Gasteiger partial charge in [0.25, 0.3) is 17.5 Å². The molecule has 2 aromatic carbocycles. The van der Waals surface area contributed by atoms with Crippen LogP contribution in [0.25, 0.3) is 0 Å². The molecule has 0 aromatic heterocycles. The molecule has 28 heavy (non-hydrogen) atoms. The third-order valence-corrected chi connectivity index (χ3v) is 4.15. The predicted octanol–water partition coefficient (Wildman–Crippen LogP) is 2.08. The predicted molar refractivity (Wildman–Crippen MR) is 100 cm³/mol. The van der Waals surface area contributed by atoms with E-state index in [1.54, 1.807) is 29.2 Å². The number of nitrogens with zero attached hydrogens (tertiary/aromatic N) is 2. The Morgan fingerprint density at radius 2 is 1.79 bits per heavy atom. The number of ether oxygens (including phenoxy) is 2. The molecule has 1 N–H and O–H groups in total. The number of hydrogen-bond donors (Lipinski definition) is 1. The van der Waals surface area contributed by atoms with Gasteiger partial charge in [-0.15, -0.1) is 0 Å². The highest BCUT2D eigenvalue weighted by Gasteiger charge is 2.21. The average molecular weight is 385 g/mol. The van der Waals surface area contributed by atoms with Crippen LogP contribution in [0.2, 0.25) is 0 Å². The summed E-state index contributed by atoms with van der Waals surface area (Å²) in [5.41, 5.74) is 0.733. The Morgan fingerprint density at radius 3 is 2.46 bits per heavy atom. The summed E-state index contributed by atoms with van der Waals surface area (Å²) in [6, 6.07) is 12.2. The number of non-ortho nitro benzene ring substituents is 1. The van der Waals surface area contributed by atoms with Crippen LogP contribution in [0.1, 0.15) is 10.4 Å². The Morgan fingerprint density at radius 1 is 1.11 bits per heavy atom. The first-order chi connectivity index (χ1) is 13.5. The summed E-state index contributed by atoms with van der Waals surface area (Å²) in [4.78, 5) is 36.7. The number of nitro benzene ring substituents is 1. The summed E-state index contributed by atoms with van der Waals surface area (Å²) in [7, 11) is 0. The zero-order valence-corrected chi connectivity index (χ0v) is 15.0. The van der Waals surface area contributed by atoms with Gasteiger partial charge in [-0.05, 0) is 24.3 Å². The van der Waals surface area contributed by atoms with E-state index < -0.39 is 10.8 Å². The Balaban J connectivity index is 1.61. The minimum Gasteiger partial charge on any atom is -0.484 e. The third kappa shape index (κ3) is 4.83. The van der Waals surface area contributed by atoms with Crippen molar-refractivity contribution < 1.29 is 24.0 Å². The molecule has 0 unspecified atom stereocenters. The summed E-state index contributed by atoms with van der Waals surface area (Å²) < 4.78 is 10.6. The molecule has 0 atom stereocenters. The molecule has 2 aromatic rings. The quantitative estimate of drug-likeness (QED) is 0.602. The van der Waals surface area contributed by atoms with Gasteiger partial charge in [0.1, 0.15) is 5.75 Å². The minimum absolute atomic E-state index is 0.0626. The Kier molecular flexibility index (Phi) is 6.18. The van der Waals surface area contributed by atoms with Crippen LogP contribution in [0.4, 0.5) is 11.4 Å². The van der Waals surface area contributed by atoms with Crippen molar-refractivity contribution in [3.8, 4) is 5.75 Å². The highest BCUT2D eigenvalue weighted by Crippen LogP contribution is 2.19. The zero-order chi connectivity index (χ0) is 19.9. The van der Waals surface area contributed by atoms with Gasteiger partial charge in [0.15, 0.2) is 6.61 Å². The van der Waals surface area contributed by atoms with Crippen LogP contribution in [0.3, 0.4) is 0 Å². The first-order valence-corrected chi connectivity index (χ1v) is 8.68. The van der Waals surface area contributed by atoms with Gasteiger partial charge < -0.3 is 19.7 Å². The number of rotatable bonds is 6. The van der Waals surface area contributed by atoms with E-state index in [1.807, 2.05) is 0 Å². The molecule has 9 heteroatoms. The first kappa shape index (κ1) is 19.3. The van der Waals surface area contributed by atoms with Crippen molar-refractivity contribution in [1.29, 1.82) is 0 Å². The van der Waals surface area contributed by atoms with Crippen LogP contribution in [0, 0.1) is 10.1 Å². The van der Waals surface area contributed by atoms with Crippen molar-refractivity contribution in [3.05, 3.63) is 64.2 Å². The lowest BCUT2D eigenvalue weighted by molar-refractivity contribution is -0.384. The molecule has 0 spiro atoms. The fraction of sp³-hybridized carbons (Fsp3) is 0.263. The first-order valence-electron chi connectivity index (χ1n) is 8.68. The summed E-state index contributed by atoms with van der Waals surface area (Å²) in [6.07, 6.45) is 0. The molecule has 1 aliphatic heterocycles. The van der Waals surface area contributed by atoms with E-state index in [-0.39, 0.29) is 18.2 Å². The number of amides is 2. The number of para-hydroxylation sites is 1. The second kappa shape index (κ2) is 8.96. The van der Waals surface area contributed by atoms with Crippen LogP contribution in [0.15, 0.2) is 48.5 Å². The second-order valence-corrected chi connectivity index (χ2v) is 6.04. The maximum absolute atomic E-state index is 12.7. The van der Waals surface area contributed by atoms with Crippen LogP contribution in [-0.2, 0) is 9.53 Å². The number of nitro groups is 1. The molecule has 0 saturated carbocycles. The van der Waals surface area contributed by atoms with Gasteiger partial charge in [0.2, 0.25) is 0 Å². The standard InChI is InChI=1S/C19H19N3O6/c23-18(13-28-15-7-5-14(6-8-15)22(25)26)20-17-4-2-1-3-16(17)19(24)21-9-11-27-12-10-21/h1-8H,9-13H2,(H,20,23). The molecule has 2 amide bonds. The number of hydrogen-bond acceptors (Lipinski definition) is 6. The van der Waals surface area contributed by atoms with E-state index in [0.29, 0.717) is 43.3 Å². The molecule has 3 rings (SSSR count). The van der Waals surface area contributed by atoms with Crippen LogP contribution in [-0.4, -0.2) is 54.5 Å². The van der Waals surface area contributed by atoms with Crippen LogP contribution in [0.5, 0.6) is 5.75 Å². The summed E-state index contributed by atoms with van der Waals surface area (Å²) in [5.74, 6) is -0.283. The molecular weight excluding hydrogens is 366 g/mol. The molecule has 1 saturated heterocycles. The van der Waals surface area contributed by atoms with Gasteiger partial charge >= 0.3 is 0 Å². The largest absolute Gasteiger partial charge is 0.484 e. The smallest absolute Gasteiger partial charge is 0.269 e. The van der Waals surface area contributed by atoms with Crippen molar-refractivity contribution in [1.82, 2.24) is 4.90 Å². The van der Waals surface area contributed by atoms with E-state index in [2.05, 4.69) is 5.32 Å². The SMILES string of the molecule is O=C(COc1ccc([N+](=O)[O-])cc1)Nc1ccccc1C(=O)N1CCOCC1. The van der Waals surface area contributed by atoms with Gasteiger partial charge in [-0.1, -0.05) is 12.1 Å². The van der Waals surface area contributed by atoms with E-state index in [4.69, 9.17) is 9.47 Å². The molecule has 1 heterocycles. The van der Waals surface area contributed by atoms with Gasteiger partial charge in [-0.25, -0.2) is 0 Å². The molecular formula is C19H19N3O6. The molecule has 0 aliphatic carbocycles. The van der Waals surface area contributed by atoms with E-state index in [0.717, 1.165) is 0 Å². The van der Waals surface area contributed by atoms with Crippen molar-refractivity contribution in [2.45, 2.75) is 0 Å². The fourth-order valence-electron chi connectivity index (χ4n) is 2.71. The minimum atomic E-state index is -0.515. The van der Waals surface area contributed by atoms with Gasteiger partial charge in [0.05, 0.1) is 29.4 Å². The maximum atomic E-state index is 12.7. The number of morpholine rings is 1. The average Bonchev–Trinajstić information content (AvgIpc) is 2.73. The normalized spacial score (nSPS) is 13.6. The maximum Gasteiger partial charge on any atom is 0.269 e. The molecule has 0 bridgehead atoms. The van der Waals surface area contributed by atoms with Crippen LogP contribution < -0.4 is 10.1 Å². The number of carbonyl (C=O) groups is 2. The van der Waals surface area contributed by atoms with E-state index >= 15 is 0 Å². The van der Waals surface area contributed by atoms with Crippen molar-refractivity contribution in [3.63, 3.8) is 0 Å². The fourth-order valence-corrected chi connectivity index (χ4v) is 2.71. The Labute approximate surface area is 161 Å². The summed E-state index contributed by atoms with van der Waals surface area (Å²) >= 11 is 0. The van der Waals surface area contributed by atoms with Crippen molar-refractivity contribution in [2.75, 3.05) is 38.2 Å². The highest BCUT2D eigenvalue weighted by atomic mass is 16.6. The van der Waals surface area contributed by atoms with Gasteiger partial charge in [0, 0.05) is 25.2 Å². The van der Waals surface area contributed by atoms with Crippen LogP contribution >= 0.6 is 0 Å². The number of anilines is 1. The highest BCUT2D eigenvalue weighted by molar-refractivity contribution is 6.04. The van der Waals surface area contributed by atoms with Gasteiger partial charge in [-0.3, -0.25) is 19.7 Å². The summed E-state index contributed by atoms with van der Waals surface area (Å²) in [6.45, 7) is 1.69. The second-order valence-electron chi connectivity index (χ2n) is 6.04. The third-order valence-electron chi connectivity index (χ3n) is 4.15. The molecule has 0 radical (unpaired) electrons. The molecule has 1 aliphatic rings. The Hall–Kier alpha value is -3.46. The molecule has 146 valence electrons. The zero-order valence-electron chi connectivity index (χ0n) is 15.0. The number of benzene rings is 2. The van der Waals surface area contributed by atoms with E-state index in [1.165, 1.54) is 24.3 Å². The number of nitrogens with one attached hydrogen (secondary N) is 1. The number of carbonyl (C=O) groups excluding carboxylic acids is 2. The van der Waals surface area contributed by atoms with Crippen molar-refractivity contribution in [2.24, 2.45) is 0 Å². The monoisotopic (exact) mass is 385 g/mol. The topological polar surface area (TPSA) is 111 Å². The summed E-state index contributed by atoms with van der Waals surface area (Å²) in [5, 5.41) is 13.3. The lowest BCUT2D eigenvalue weighted by Gasteiger charge is -2.27. The van der Waals surface area contributed by atoms with Gasteiger partial charge in [-0.2, -0.15) is 0 Å². The Bertz CT molecular complexity index is 862. The van der Waals surface area contributed by atoms with Crippen molar-refractivity contribution >= 4 is 23.2 Å².